The Hall–Kier alpha value is -1.76. The Morgan fingerprint density at radius 3 is 2.50 bits per heavy atom. The van der Waals surface area contributed by atoms with Crippen LogP contribution in [0.5, 0.6) is 0 Å². The maximum absolute atomic E-state index is 13.5. The molecule has 2 rings (SSSR count). The number of aryl methyl sites for hydroxylation is 2. The fourth-order valence-electron chi connectivity index (χ4n) is 2.81. The first-order chi connectivity index (χ1) is 12.1. The second-order valence-electron chi connectivity index (χ2n) is 6.40. The summed E-state index contributed by atoms with van der Waals surface area (Å²) in [5.74, 6) is -0.348. The van der Waals surface area contributed by atoms with Gasteiger partial charge in [0.05, 0.1) is 0 Å². The maximum atomic E-state index is 13.5. The Kier molecular flexibility index (Phi) is 6.55. The second kappa shape index (κ2) is 8.29. The van der Waals surface area contributed by atoms with Gasteiger partial charge in [0.2, 0.25) is 0 Å². The van der Waals surface area contributed by atoms with Crippen LogP contribution in [-0.4, -0.2) is 15.8 Å². The first-order valence-corrected chi connectivity index (χ1v) is 8.88. The Morgan fingerprint density at radius 1 is 1.27 bits per heavy atom. The van der Waals surface area contributed by atoms with Gasteiger partial charge >= 0.3 is 6.18 Å². The van der Waals surface area contributed by atoms with Crippen LogP contribution in [0.25, 0.3) is 0 Å². The number of hydrogen-bond acceptors (Lipinski definition) is 2. The number of anilines is 1. The third kappa shape index (κ3) is 4.90. The van der Waals surface area contributed by atoms with Gasteiger partial charge in [-0.05, 0) is 56.9 Å². The van der Waals surface area contributed by atoms with E-state index in [1.807, 2.05) is 13.8 Å². The van der Waals surface area contributed by atoms with E-state index in [2.05, 4.69) is 10.4 Å². The van der Waals surface area contributed by atoms with Crippen molar-refractivity contribution in [1.29, 1.82) is 0 Å². The summed E-state index contributed by atoms with van der Waals surface area (Å²) in [4.78, 5) is 0. The van der Waals surface area contributed by atoms with E-state index < -0.39 is 11.9 Å². The molecule has 0 atom stereocenters. The van der Waals surface area contributed by atoms with Crippen molar-refractivity contribution < 1.29 is 17.6 Å². The minimum Gasteiger partial charge on any atom is -0.383 e. The average Bonchev–Trinajstić information content (AvgIpc) is 2.86. The molecule has 0 radical (unpaired) electrons. The second-order valence-corrected chi connectivity index (χ2v) is 6.75. The van der Waals surface area contributed by atoms with Gasteiger partial charge in [0.1, 0.15) is 11.0 Å². The molecule has 0 aliphatic carbocycles. The van der Waals surface area contributed by atoms with Crippen molar-refractivity contribution in [3.05, 3.63) is 46.0 Å². The average molecular weight is 392 g/mol. The predicted octanol–water partition coefficient (Wildman–Crippen LogP) is 5.71. The summed E-state index contributed by atoms with van der Waals surface area (Å²) in [5, 5.41) is 6.89. The minimum absolute atomic E-state index is 0.00656. The Morgan fingerprint density at radius 2 is 1.96 bits per heavy atom. The third-order valence-electron chi connectivity index (χ3n) is 3.93. The molecule has 0 bridgehead atoms. The van der Waals surface area contributed by atoms with Crippen molar-refractivity contribution in [1.82, 2.24) is 9.78 Å². The molecule has 144 valence electrons. The molecule has 0 saturated heterocycles. The van der Waals surface area contributed by atoms with Crippen LogP contribution >= 0.6 is 11.6 Å². The van der Waals surface area contributed by atoms with Gasteiger partial charge in [0.25, 0.3) is 0 Å². The van der Waals surface area contributed by atoms with Crippen LogP contribution < -0.4 is 5.32 Å². The van der Waals surface area contributed by atoms with Crippen molar-refractivity contribution in [2.24, 2.45) is 0 Å². The normalized spacial score (nSPS) is 12.0. The van der Waals surface area contributed by atoms with Gasteiger partial charge in [-0.3, -0.25) is 4.68 Å². The molecule has 0 amide bonds. The lowest BCUT2D eigenvalue weighted by molar-refractivity contribution is -0.142. The predicted molar refractivity (Wildman–Crippen MR) is 95.1 cm³/mol. The molecule has 0 spiro atoms. The quantitative estimate of drug-likeness (QED) is 0.612. The van der Waals surface area contributed by atoms with Gasteiger partial charge in [-0.2, -0.15) is 18.3 Å². The first-order valence-electron chi connectivity index (χ1n) is 8.50. The molecule has 1 aromatic heterocycles. The van der Waals surface area contributed by atoms with Gasteiger partial charge in [-0.15, -0.1) is 0 Å². The molecule has 0 aliphatic heterocycles. The van der Waals surface area contributed by atoms with E-state index >= 15 is 0 Å². The monoisotopic (exact) mass is 391 g/mol. The van der Waals surface area contributed by atoms with Crippen LogP contribution in [0.1, 0.15) is 44.0 Å². The van der Waals surface area contributed by atoms with Crippen LogP contribution in [0.3, 0.4) is 0 Å². The van der Waals surface area contributed by atoms with E-state index in [0.29, 0.717) is 12.8 Å². The van der Waals surface area contributed by atoms with Crippen molar-refractivity contribution in [3.63, 3.8) is 0 Å². The summed E-state index contributed by atoms with van der Waals surface area (Å²) in [6.07, 6.45) is -3.40. The van der Waals surface area contributed by atoms with Crippen LogP contribution in [-0.2, 0) is 25.6 Å². The Balaban J connectivity index is 2.14. The number of nitrogens with one attached hydrogen (secondary N) is 1. The lowest BCUT2D eigenvalue weighted by atomic mass is 10.1. The molecule has 1 N–H and O–H groups in total. The zero-order chi connectivity index (χ0) is 19.5. The lowest BCUT2D eigenvalue weighted by Crippen LogP contribution is -2.12. The van der Waals surface area contributed by atoms with E-state index in [1.165, 1.54) is 16.8 Å². The summed E-state index contributed by atoms with van der Waals surface area (Å²) < 4.78 is 53.9. The fraction of sp³-hybridized carbons (Fsp3) is 0.500. The van der Waals surface area contributed by atoms with E-state index in [9.17, 15) is 17.6 Å². The molecule has 26 heavy (non-hydrogen) atoms. The lowest BCUT2D eigenvalue weighted by Gasteiger charge is -2.15. The molecule has 0 unspecified atom stereocenters. The summed E-state index contributed by atoms with van der Waals surface area (Å²) in [6, 6.07) is 4.67. The molecule has 8 heteroatoms. The highest BCUT2D eigenvalue weighted by atomic mass is 35.5. The highest BCUT2D eigenvalue weighted by Gasteiger charge is 2.38. The van der Waals surface area contributed by atoms with E-state index in [0.717, 1.165) is 11.3 Å². The van der Waals surface area contributed by atoms with Crippen LogP contribution in [0.4, 0.5) is 23.2 Å². The van der Waals surface area contributed by atoms with Gasteiger partial charge < -0.3 is 5.32 Å². The number of hydrogen-bond donors (Lipinski definition) is 1. The van der Waals surface area contributed by atoms with E-state index in [4.69, 9.17) is 11.6 Å². The standard InChI is InChI=1S/C18H22ClF4N3/c1-4-14-16(18(21,22)23)25-26(17(14)19)9-5-6-12-10-13(20)7-8-15(12)24-11(2)3/h7-8,10-11,24H,4-6,9H2,1-3H3. The minimum atomic E-state index is -4.53. The van der Waals surface area contributed by atoms with E-state index in [-0.39, 0.29) is 35.5 Å². The molecule has 0 fully saturated rings. The molecule has 0 saturated carbocycles. The van der Waals surface area contributed by atoms with Gasteiger partial charge in [0.15, 0.2) is 5.69 Å². The van der Waals surface area contributed by atoms with Crippen LogP contribution in [0.2, 0.25) is 5.15 Å². The number of halogens is 5. The Bertz CT molecular complexity index is 754. The zero-order valence-electron chi connectivity index (χ0n) is 14.9. The third-order valence-corrected chi connectivity index (χ3v) is 4.35. The number of nitrogens with zero attached hydrogens (tertiary/aromatic N) is 2. The van der Waals surface area contributed by atoms with Crippen molar-refractivity contribution in [3.8, 4) is 0 Å². The molecule has 1 heterocycles. The molecule has 2 aromatic rings. The summed E-state index contributed by atoms with van der Waals surface area (Å²) in [7, 11) is 0. The molecule has 3 nitrogen and oxygen atoms in total. The highest BCUT2D eigenvalue weighted by Crippen LogP contribution is 2.34. The largest absolute Gasteiger partial charge is 0.435 e. The topological polar surface area (TPSA) is 29.9 Å². The van der Waals surface area contributed by atoms with Crippen molar-refractivity contribution in [2.75, 3.05) is 5.32 Å². The number of rotatable bonds is 7. The van der Waals surface area contributed by atoms with E-state index in [1.54, 1.807) is 13.0 Å². The first kappa shape index (κ1) is 20.6. The fourth-order valence-corrected chi connectivity index (χ4v) is 3.15. The smallest absolute Gasteiger partial charge is 0.383 e. The molecular formula is C18H22ClF4N3. The van der Waals surface area contributed by atoms with Crippen molar-refractivity contribution >= 4 is 17.3 Å². The summed E-state index contributed by atoms with van der Waals surface area (Å²) >= 11 is 6.07. The number of benzene rings is 1. The van der Waals surface area contributed by atoms with Crippen LogP contribution in [0.15, 0.2) is 18.2 Å². The van der Waals surface area contributed by atoms with Gasteiger partial charge in [-0.1, -0.05) is 18.5 Å². The van der Waals surface area contributed by atoms with Gasteiger partial charge in [0, 0.05) is 23.8 Å². The summed E-state index contributed by atoms with van der Waals surface area (Å²) in [5.41, 5.74) is 0.664. The van der Waals surface area contributed by atoms with Crippen molar-refractivity contribution in [2.45, 2.75) is 58.8 Å². The number of aromatic nitrogens is 2. The van der Waals surface area contributed by atoms with Gasteiger partial charge in [-0.25, -0.2) is 4.39 Å². The number of alkyl halides is 3. The summed E-state index contributed by atoms with van der Waals surface area (Å²) in [6.45, 7) is 5.78. The Labute approximate surface area is 155 Å². The molecular weight excluding hydrogens is 370 g/mol. The maximum Gasteiger partial charge on any atom is 0.435 e. The van der Waals surface area contributed by atoms with Crippen LogP contribution in [0, 0.1) is 5.82 Å². The highest BCUT2D eigenvalue weighted by molar-refractivity contribution is 6.30. The zero-order valence-corrected chi connectivity index (χ0v) is 15.7. The SMILES string of the molecule is CCc1c(C(F)(F)F)nn(CCCc2cc(F)ccc2NC(C)C)c1Cl. The molecule has 1 aromatic carbocycles. The molecule has 0 aliphatic rings.